The lowest BCUT2D eigenvalue weighted by molar-refractivity contribution is 0.400. The summed E-state index contributed by atoms with van der Waals surface area (Å²) >= 11 is 7.03. The molecule has 0 aliphatic carbocycles. The number of aryl methyl sites for hydroxylation is 2. The quantitative estimate of drug-likeness (QED) is 0.791. The summed E-state index contributed by atoms with van der Waals surface area (Å²) in [5.74, 6) is 0.935. The van der Waals surface area contributed by atoms with Gasteiger partial charge in [0.2, 0.25) is 0 Å². The van der Waals surface area contributed by atoms with Crippen molar-refractivity contribution in [2.24, 2.45) is 7.05 Å². The van der Waals surface area contributed by atoms with Crippen LogP contribution in [0.2, 0.25) is 0 Å². The lowest BCUT2D eigenvalue weighted by Gasteiger charge is -2.16. The molecule has 2 heterocycles. The third-order valence-electron chi connectivity index (χ3n) is 3.29. The van der Waals surface area contributed by atoms with Gasteiger partial charge in [-0.3, -0.25) is 4.68 Å². The molecule has 0 saturated carbocycles. The van der Waals surface area contributed by atoms with Crippen LogP contribution in [0, 0.1) is 0 Å². The highest BCUT2D eigenvalue weighted by molar-refractivity contribution is 9.10. The highest BCUT2D eigenvalue weighted by Gasteiger charge is 2.20. The van der Waals surface area contributed by atoms with Crippen LogP contribution < -0.4 is 5.32 Å². The summed E-state index contributed by atoms with van der Waals surface area (Å²) in [6, 6.07) is 4.07. The summed E-state index contributed by atoms with van der Waals surface area (Å²) in [5.41, 5.74) is 2.28. The summed E-state index contributed by atoms with van der Waals surface area (Å²) in [4.78, 5) is 0. The summed E-state index contributed by atoms with van der Waals surface area (Å²) in [6.07, 6.45) is 1.75. The molecule has 1 N–H and O–H groups in total. The first-order chi connectivity index (χ1) is 9.56. The lowest BCUT2D eigenvalue weighted by atomic mass is 10.1. The van der Waals surface area contributed by atoms with Crippen LogP contribution in [-0.4, -0.2) is 16.3 Å². The predicted octanol–water partition coefficient (Wildman–Crippen LogP) is 3.99. The minimum Gasteiger partial charge on any atom is -0.453 e. The minimum absolute atomic E-state index is 0.141. The van der Waals surface area contributed by atoms with Crippen molar-refractivity contribution in [1.29, 1.82) is 0 Å². The number of nitrogens with one attached hydrogen (secondary N) is 1. The second-order valence-electron chi connectivity index (χ2n) is 4.64. The molecule has 110 valence electrons. The van der Waals surface area contributed by atoms with E-state index < -0.39 is 0 Å². The Bertz CT molecular complexity index is 577. The van der Waals surface area contributed by atoms with Crippen LogP contribution in [0.4, 0.5) is 0 Å². The molecule has 0 aromatic carbocycles. The second-order valence-corrected chi connectivity index (χ2v) is 6.22. The van der Waals surface area contributed by atoms with E-state index in [9.17, 15) is 0 Å². The van der Waals surface area contributed by atoms with Crippen molar-refractivity contribution < 1.29 is 4.42 Å². The molecule has 2 aromatic heterocycles. The average molecular weight is 405 g/mol. The van der Waals surface area contributed by atoms with Crippen molar-refractivity contribution in [1.82, 2.24) is 15.1 Å². The zero-order chi connectivity index (χ0) is 14.7. The van der Waals surface area contributed by atoms with Crippen LogP contribution in [0.5, 0.6) is 0 Å². The highest BCUT2D eigenvalue weighted by Crippen LogP contribution is 2.28. The van der Waals surface area contributed by atoms with Crippen LogP contribution >= 0.6 is 31.9 Å². The molecule has 6 heteroatoms. The van der Waals surface area contributed by atoms with Gasteiger partial charge in [0.1, 0.15) is 5.76 Å². The van der Waals surface area contributed by atoms with Gasteiger partial charge in [-0.15, -0.1) is 0 Å². The van der Waals surface area contributed by atoms with E-state index in [4.69, 9.17) is 4.42 Å². The molecule has 0 aliphatic heterocycles. The van der Waals surface area contributed by atoms with Gasteiger partial charge < -0.3 is 9.73 Å². The summed E-state index contributed by atoms with van der Waals surface area (Å²) in [6.45, 7) is 5.10. The van der Waals surface area contributed by atoms with Crippen LogP contribution in [0.1, 0.15) is 37.0 Å². The van der Waals surface area contributed by atoms with E-state index in [0.717, 1.165) is 40.0 Å². The normalized spacial score (nSPS) is 12.8. The molecule has 0 spiro atoms. The standard InChI is InChI=1S/C14H19Br2N3O/c1-4-9-14(16)11(19(3)18-9)8-10(17-5-2)12-6-7-13(15)20-12/h6-7,10,17H,4-5,8H2,1-3H3. The molecule has 0 aliphatic rings. The third kappa shape index (κ3) is 3.35. The number of hydrogen-bond acceptors (Lipinski definition) is 3. The van der Waals surface area contributed by atoms with E-state index in [1.165, 1.54) is 5.69 Å². The first-order valence-electron chi connectivity index (χ1n) is 6.75. The molecular weight excluding hydrogens is 386 g/mol. The Kier molecular flexibility index (Phi) is 5.46. The van der Waals surface area contributed by atoms with Gasteiger partial charge in [0, 0.05) is 13.5 Å². The lowest BCUT2D eigenvalue weighted by Crippen LogP contribution is -2.23. The Labute approximate surface area is 136 Å². The maximum atomic E-state index is 5.69. The van der Waals surface area contributed by atoms with Gasteiger partial charge >= 0.3 is 0 Å². The fourth-order valence-corrected chi connectivity index (χ4v) is 3.37. The molecule has 4 nitrogen and oxygen atoms in total. The Morgan fingerprint density at radius 3 is 2.60 bits per heavy atom. The first kappa shape index (κ1) is 15.8. The largest absolute Gasteiger partial charge is 0.453 e. The number of furan rings is 1. The number of hydrogen-bond donors (Lipinski definition) is 1. The Morgan fingerprint density at radius 1 is 1.35 bits per heavy atom. The summed E-state index contributed by atoms with van der Waals surface area (Å²) < 4.78 is 9.51. The van der Waals surface area contributed by atoms with Crippen molar-refractivity contribution in [3.63, 3.8) is 0 Å². The average Bonchev–Trinajstić information content (AvgIpc) is 2.96. The number of likely N-dealkylation sites (N-methyl/N-ethyl adjacent to an activating group) is 1. The fraction of sp³-hybridized carbons (Fsp3) is 0.500. The number of halogens is 2. The highest BCUT2D eigenvalue weighted by atomic mass is 79.9. The van der Waals surface area contributed by atoms with E-state index in [1.54, 1.807) is 0 Å². The van der Waals surface area contributed by atoms with E-state index >= 15 is 0 Å². The molecule has 0 radical (unpaired) electrons. The van der Waals surface area contributed by atoms with Gasteiger partial charge in [-0.1, -0.05) is 13.8 Å². The van der Waals surface area contributed by atoms with Crippen LogP contribution in [0.3, 0.4) is 0 Å². The van der Waals surface area contributed by atoms with E-state index in [-0.39, 0.29) is 6.04 Å². The molecule has 0 saturated heterocycles. The van der Waals surface area contributed by atoms with Gasteiger partial charge in [-0.2, -0.15) is 5.10 Å². The summed E-state index contributed by atoms with van der Waals surface area (Å²) in [7, 11) is 1.99. The topological polar surface area (TPSA) is 43.0 Å². The second kappa shape index (κ2) is 6.91. The molecule has 1 unspecified atom stereocenters. The molecule has 1 atom stereocenters. The zero-order valence-electron chi connectivity index (χ0n) is 11.9. The van der Waals surface area contributed by atoms with Gasteiger partial charge in [0.05, 0.1) is 21.9 Å². The van der Waals surface area contributed by atoms with E-state index in [2.05, 4.69) is 56.1 Å². The molecular formula is C14H19Br2N3O. The van der Waals surface area contributed by atoms with Crippen molar-refractivity contribution in [3.05, 3.63) is 38.4 Å². The number of rotatable bonds is 6. The SMILES string of the molecule is CCNC(Cc1c(Br)c(CC)nn1C)c1ccc(Br)o1. The van der Waals surface area contributed by atoms with Crippen molar-refractivity contribution >= 4 is 31.9 Å². The minimum atomic E-state index is 0.141. The van der Waals surface area contributed by atoms with Crippen molar-refractivity contribution in [2.75, 3.05) is 6.54 Å². The van der Waals surface area contributed by atoms with E-state index in [0.29, 0.717) is 0 Å². The monoisotopic (exact) mass is 403 g/mol. The molecule has 0 fully saturated rings. The molecule has 0 amide bonds. The molecule has 0 bridgehead atoms. The maximum absolute atomic E-state index is 5.69. The van der Waals surface area contributed by atoms with Gasteiger partial charge in [0.15, 0.2) is 4.67 Å². The smallest absolute Gasteiger partial charge is 0.169 e. The fourth-order valence-electron chi connectivity index (χ4n) is 2.27. The van der Waals surface area contributed by atoms with Crippen molar-refractivity contribution in [2.45, 2.75) is 32.7 Å². The maximum Gasteiger partial charge on any atom is 0.169 e. The Balaban J connectivity index is 2.26. The van der Waals surface area contributed by atoms with Gasteiger partial charge in [-0.25, -0.2) is 0 Å². The number of nitrogens with zero attached hydrogens (tertiary/aromatic N) is 2. The molecule has 2 rings (SSSR count). The molecule has 20 heavy (non-hydrogen) atoms. The Morgan fingerprint density at radius 2 is 2.10 bits per heavy atom. The van der Waals surface area contributed by atoms with Gasteiger partial charge in [-0.05, 0) is 57.0 Å². The van der Waals surface area contributed by atoms with Gasteiger partial charge in [0.25, 0.3) is 0 Å². The zero-order valence-corrected chi connectivity index (χ0v) is 15.1. The third-order valence-corrected chi connectivity index (χ3v) is 4.63. The predicted molar refractivity (Wildman–Crippen MR) is 86.8 cm³/mol. The first-order valence-corrected chi connectivity index (χ1v) is 8.34. The van der Waals surface area contributed by atoms with Crippen LogP contribution in [0.25, 0.3) is 0 Å². The van der Waals surface area contributed by atoms with Crippen LogP contribution in [0.15, 0.2) is 25.7 Å². The van der Waals surface area contributed by atoms with E-state index in [1.807, 2.05) is 23.9 Å². The number of aromatic nitrogens is 2. The van der Waals surface area contributed by atoms with Crippen molar-refractivity contribution in [3.8, 4) is 0 Å². The van der Waals surface area contributed by atoms with Crippen LogP contribution in [-0.2, 0) is 19.9 Å². The molecule has 2 aromatic rings. The Hall–Kier alpha value is -0.590. The summed E-state index contributed by atoms with van der Waals surface area (Å²) in [5, 5.41) is 8.01.